The molecule has 0 spiro atoms. The third-order valence-electron chi connectivity index (χ3n) is 11.4. The molecule has 0 aliphatic carbocycles. The number of carbonyl (C=O) groups excluding carboxylic acids is 2. The van der Waals surface area contributed by atoms with Gasteiger partial charge in [0.1, 0.15) is 55.4 Å². The monoisotopic (exact) mass is 951 g/mol. The fraction of sp³-hybridized carbons (Fsp3) is 0.731. The zero-order valence-electron chi connectivity index (χ0n) is 40.4. The lowest BCUT2D eigenvalue weighted by molar-refractivity contribution is -0.332. The highest BCUT2D eigenvalue weighted by atomic mass is 16.7. The second kappa shape index (κ2) is 38.8. The van der Waals surface area contributed by atoms with Crippen molar-refractivity contribution in [1.29, 1.82) is 0 Å². The first-order chi connectivity index (χ1) is 32.5. The van der Waals surface area contributed by atoms with Crippen LogP contribution in [-0.2, 0) is 38.0 Å². The SMILES string of the molecule is CCCCC/C=C/C/C=C/C/C=C/C/C=C/C/C=C/CCC(=O)OC[C@@H](CO[C@@H]1O[C@H](CO[C@@H]2O[C@H](CO)[C@H](O)C(O)C2O)[C@H](O)C(O)C1O)OC(=O)CCCCCCC/C=C/CCCCC. The summed E-state index contributed by atoms with van der Waals surface area (Å²) in [5.74, 6) is -1.04. The fourth-order valence-corrected chi connectivity index (χ4v) is 7.25. The maximum Gasteiger partial charge on any atom is 0.306 e. The van der Waals surface area contributed by atoms with Crippen molar-refractivity contribution in [2.24, 2.45) is 0 Å². The average Bonchev–Trinajstić information content (AvgIpc) is 3.32. The van der Waals surface area contributed by atoms with E-state index in [9.17, 15) is 45.3 Å². The molecular formula is C52H86O15. The summed E-state index contributed by atoms with van der Waals surface area (Å²) in [6, 6.07) is 0. The summed E-state index contributed by atoms with van der Waals surface area (Å²) in [7, 11) is 0. The summed E-state index contributed by atoms with van der Waals surface area (Å²) < 4.78 is 33.4. The molecule has 2 saturated heterocycles. The van der Waals surface area contributed by atoms with Crippen molar-refractivity contribution in [2.45, 2.75) is 216 Å². The third kappa shape index (κ3) is 27.1. The van der Waals surface area contributed by atoms with Gasteiger partial charge in [0.05, 0.1) is 19.8 Å². The van der Waals surface area contributed by atoms with Gasteiger partial charge in [0.15, 0.2) is 18.7 Å². The molecule has 2 heterocycles. The zero-order chi connectivity index (χ0) is 48.9. The van der Waals surface area contributed by atoms with Gasteiger partial charge in [-0.15, -0.1) is 0 Å². The lowest BCUT2D eigenvalue weighted by atomic mass is 9.98. The van der Waals surface area contributed by atoms with Crippen molar-refractivity contribution in [2.75, 3.05) is 26.4 Å². The van der Waals surface area contributed by atoms with Gasteiger partial charge in [-0.3, -0.25) is 9.59 Å². The Morgan fingerprint density at radius 3 is 1.48 bits per heavy atom. The summed E-state index contributed by atoms with van der Waals surface area (Å²) in [6.07, 6.45) is 28.1. The van der Waals surface area contributed by atoms with Crippen molar-refractivity contribution >= 4 is 11.9 Å². The van der Waals surface area contributed by atoms with Gasteiger partial charge in [-0.2, -0.15) is 0 Å². The molecule has 384 valence electrons. The maximum absolute atomic E-state index is 13.0. The molecule has 2 aliphatic rings. The second-order valence-electron chi connectivity index (χ2n) is 17.3. The van der Waals surface area contributed by atoms with E-state index in [4.69, 9.17) is 28.4 Å². The van der Waals surface area contributed by atoms with Gasteiger partial charge in [-0.1, -0.05) is 132 Å². The average molecular weight is 951 g/mol. The van der Waals surface area contributed by atoms with Gasteiger partial charge in [0, 0.05) is 12.8 Å². The Morgan fingerprint density at radius 1 is 0.478 bits per heavy atom. The molecule has 0 radical (unpaired) electrons. The van der Waals surface area contributed by atoms with Crippen molar-refractivity contribution in [3.8, 4) is 0 Å². The number of rotatable bonds is 37. The van der Waals surface area contributed by atoms with E-state index in [1.807, 2.05) is 12.2 Å². The van der Waals surface area contributed by atoms with Crippen LogP contribution in [0, 0.1) is 0 Å². The molecule has 7 N–H and O–H groups in total. The van der Waals surface area contributed by atoms with E-state index < -0.39 is 99.3 Å². The minimum Gasteiger partial charge on any atom is -0.462 e. The topological polar surface area (TPSA) is 231 Å². The molecule has 15 nitrogen and oxygen atoms in total. The lowest BCUT2D eigenvalue weighted by Crippen LogP contribution is -2.61. The van der Waals surface area contributed by atoms with E-state index in [0.717, 1.165) is 70.6 Å². The quantitative estimate of drug-likeness (QED) is 0.0196. The van der Waals surface area contributed by atoms with Gasteiger partial charge in [0.25, 0.3) is 0 Å². The highest BCUT2D eigenvalue weighted by Crippen LogP contribution is 2.26. The summed E-state index contributed by atoms with van der Waals surface area (Å²) >= 11 is 0. The van der Waals surface area contributed by atoms with Crippen LogP contribution in [0.1, 0.15) is 149 Å². The van der Waals surface area contributed by atoms with Crippen LogP contribution < -0.4 is 0 Å². The molecule has 2 aliphatic heterocycles. The van der Waals surface area contributed by atoms with Crippen LogP contribution in [0.5, 0.6) is 0 Å². The van der Waals surface area contributed by atoms with E-state index in [-0.39, 0.29) is 19.4 Å². The third-order valence-corrected chi connectivity index (χ3v) is 11.4. The molecule has 4 unspecified atom stereocenters. The number of carbonyl (C=O) groups is 2. The summed E-state index contributed by atoms with van der Waals surface area (Å²) in [6.45, 7) is 2.42. The minimum atomic E-state index is -1.78. The molecule has 0 amide bonds. The predicted octanol–water partition coefficient (Wildman–Crippen LogP) is 6.65. The van der Waals surface area contributed by atoms with Gasteiger partial charge >= 0.3 is 11.9 Å². The van der Waals surface area contributed by atoms with E-state index in [1.54, 1.807) is 0 Å². The Hall–Kier alpha value is -3.06. The van der Waals surface area contributed by atoms with Crippen molar-refractivity contribution in [3.05, 3.63) is 72.9 Å². The van der Waals surface area contributed by atoms with E-state index >= 15 is 0 Å². The molecule has 2 fully saturated rings. The first kappa shape index (κ1) is 60.1. The first-order valence-electron chi connectivity index (χ1n) is 25.0. The minimum absolute atomic E-state index is 0.0892. The number of hydrogen-bond donors (Lipinski definition) is 7. The van der Waals surface area contributed by atoms with E-state index in [0.29, 0.717) is 12.8 Å². The van der Waals surface area contributed by atoms with E-state index in [1.165, 1.54) is 38.5 Å². The van der Waals surface area contributed by atoms with E-state index in [2.05, 4.69) is 74.6 Å². The standard InChI is InChI=1S/C52H86O15/c1-3-5-7-9-11-13-15-17-18-19-20-21-22-23-25-26-28-30-32-34-43(54)62-37-40(65-44(55)35-33-31-29-27-24-16-14-12-10-8-6-4-2)38-63-51-50(61)48(59)46(57)42(67-51)39-64-52-49(60)47(58)45(56)41(36-53)66-52/h11-14,17-18,20-21,23,25,28,30,40-42,45-53,56-61H,3-10,15-16,19,22,24,26-27,29,31-39H2,1-2H3/b13-11+,14-12+,18-17+,21-20+,25-23+,30-28+/t40-,41+,42+,45-,46-,47?,48?,49?,50?,51+,52+/m0/s1. The second-order valence-corrected chi connectivity index (χ2v) is 17.3. The molecule has 11 atom stereocenters. The highest BCUT2D eigenvalue weighted by Gasteiger charge is 2.47. The normalized spacial score (nSPS) is 26.6. The molecule has 0 bridgehead atoms. The van der Waals surface area contributed by atoms with Gasteiger partial charge < -0.3 is 64.2 Å². The molecule has 0 saturated carbocycles. The summed E-state index contributed by atoms with van der Waals surface area (Å²) in [4.78, 5) is 25.7. The highest BCUT2D eigenvalue weighted by molar-refractivity contribution is 5.70. The lowest BCUT2D eigenvalue weighted by Gasteiger charge is -2.42. The van der Waals surface area contributed by atoms with Crippen LogP contribution in [0.15, 0.2) is 72.9 Å². The van der Waals surface area contributed by atoms with Crippen molar-refractivity contribution < 1.29 is 73.8 Å². The van der Waals surface area contributed by atoms with Gasteiger partial charge in [-0.25, -0.2) is 0 Å². The Balaban J connectivity index is 1.85. The molecule has 0 aromatic heterocycles. The largest absolute Gasteiger partial charge is 0.462 e. The Kier molecular flexibility index (Phi) is 34.7. The number of hydrogen-bond acceptors (Lipinski definition) is 15. The number of aliphatic hydroxyl groups is 7. The van der Waals surface area contributed by atoms with Crippen LogP contribution in [-0.4, -0.2) is 142 Å². The smallest absolute Gasteiger partial charge is 0.306 e. The van der Waals surface area contributed by atoms with Crippen LogP contribution in [0.25, 0.3) is 0 Å². The van der Waals surface area contributed by atoms with Crippen LogP contribution in [0.2, 0.25) is 0 Å². The Labute approximate surface area is 400 Å². The zero-order valence-corrected chi connectivity index (χ0v) is 40.4. The molecule has 2 rings (SSSR count). The molecule has 0 aromatic carbocycles. The van der Waals surface area contributed by atoms with Gasteiger partial charge in [0.2, 0.25) is 0 Å². The molecule has 67 heavy (non-hydrogen) atoms. The van der Waals surface area contributed by atoms with Crippen LogP contribution >= 0.6 is 0 Å². The number of allylic oxidation sites excluding steroid dienone is 12. The molecular weight excluding hydrogens is 865 g/mol. The fourth-order valence-electron chi connectivity index (χ4n) is 7.25. The summed E-state index contributed by atoms with van der Waals surface area (Å²) in [5.41, 5.74) is 0. The maximum atomic E-state index is 13.0. The number of unbranched alkanes of at least 4 members (excludes halogenated alkanes) is 11. The first-order valence-corrected chi connectivity index (χ1v) is 25.0. The van der Waals surface area contributed by atoms with Crippen LogP contribution in [0.4, 0.5) is 0 Å². The predicted molar refractivity (Wildman–Crippen MR) is 256 cm³/mol. The molecule has 15 heteroatoms. The number of aliphatic hydroxyl groups excluding tert-OH is 7. The van der Waals surface area contributed by atoms with Crippen molar-refractivity contribution in [3.63, 3.8) is 0 Å². The molecule has 0 aromatic rings. The number of esters is 2. The number of ether oxygens (including phenoxy) is 6. The van der Waals surface area contributed by atoms with Crippen LogP contribution in [0.3, 0.4) is 0 Å². The summed E-state index contributed by atoms with van der Waals surface area (Å²) in [5, 5.41) is 72.0. The van der Waals surface area contributed by atoms with Crippen molar-refractivity contribution in [1.82, 2.24) is 0 Å². The Bertz CT molecular complexity index is 1440. The Morgan fingerprint density at radius 2 is 0.925 bits per heavy atom. The van der Waals surface area contributed by atoms with Gasteiger partial charge in [-0.05, 0) is 77.0 Å².